The molecule has 0 aliphatic rings. The predicted octanol–water partition coefficient (Wildman–Crippen LogP) is 3.35. The highest BCUT2D eigenvalue weighted by Gasteiger charge is 2.20. The molecule has 0 N–H and O–H groups in total. The third kappa shape index (κ3) is 4.86. The summed E-state index contributed by atoms with van der Waals surface area (Å²) in [6.45, 7) is 12.9. The fourth-order valence-corrected chi connectivity index (χ4v) is 1.78. The van der Waals surface area contributed by atoms with Crippen LogP contribution in [0.3, 0.4) is 0 Å². The summed E-state index contributed by atoms with van der Waals surface area (Å²) >= 11 is 0. The third-order valence-electron chi connectivity index (χ3n) is 2.91. The van der Waals surface area contributed by atoms with Gasteiger partial charge in [0.05, 0.1) is 0 Å². The van der Waals surface area contributed by atoms with E-state index in [9.17, 15) is 4.79 Å². The van der Waals surface area contributed by atoms with Crippen LogP contribution >= 0.6 is 0 Å². The van der Waals surface area contributed by atoms with Crippen molar-refractivity contribution in [3.8, 4) is 0 Å². The molecule has 0 aromatic rings. The van der Waals surface area contributed by atoms with E-state index in [1.54, 1.807) is 0 Å². The molecule has 0 aromatic heterocycles. The van der Waals surface area contributed by atoms with Crippen molar-refractivity contribution in [2.75, 3.05) is 19.6 Å². The molecule has 96 valence electrons. The molecule has 3 heteroatoms. The maximum absolute atomic E-state index is 12.2. The van der Waals surface area contributed by atoms with Crippen molar-refractivity contribution in [2.24, 2.45) is 0 Å². The molecular weight excluding hydrogens is 200 g/mol. The van der Waals surface area contributed by atoms with Gasteiger partial charge in [-0.15, -0.1) is 0 Å². The van der Waals surface area contributed by atoms with Gasteiger partial charge in [0.1, 0.15) is 0 Å². The van der Waals surface area contributed by atoms with E-state index >= 15 is 0 Å². The molecule has 0 unspecified atom stereocenters. The summed E-state index contributed by atoms with van der Waals surface area (Å²) in [5.74, 6) is 0. The van der Waals surface area contributed by atoms with Crippen LogP contribution in [0.4, 0.5) is 4.79 Å². The zero-order valence-electron chi connectivity index (χ0n) is 11.6. The first-order valence-corrected chi connectivity index (χ1v) is 6.63. The van der Waals surface area contributed by atoms with Gasteiger partial charge >= 0.3 is 6.03 Å². The van der Waals surface area contributed by atoms with E-state index in [1.807, 2.05) is 23.6 Å². The number of urea groups is 1. The lowest BCUT2D eigenvalue weighted by Gasteiger charge is -2.32. The van der Waals surface area contributed by atoms with Crippen LogP contribution in [-0.2, 0) is 0 Å². The molecule has 0 aliphatic heterocycles. The number of amides is 2. The van der Waals surface area contributed by atoms with Crippen LogP contribution in [0, 0.1) is 0 Å². The summed E-state index contributed by atoms with van der Waals surface area (Å²) in [7, 11) is 0. The third-order valence-corrected chi connectivity index (χ3v) is 2.91. The molecule has 0 heterocycles. The second-order valence-electron chi connectivity index (χ2n) is 4.45. The molecule has 0 aromatic carbocycles. The van der Waals surface area contributed by atoms with Gasteiger partial charge in [-0.2, -0.15) is 0 Å². The number of nitrogens with zero attached hydrogens (tertiary/aromatic N) is 2. The number of hydrogen-bond donors (Lipinski definition) is 0. The van der Waals surface area contributed by atoms with Crippen molar-refractivity contribution in [3.63, 3.8) is 0 Å². The van der Waals surface area contributed by atoms with Crippen LogP contribution in [0.25, 0.3) is 0 Å². The summed E-state index contributed by atoms with van der Waals surface area (Å²) in [5.41, 5.74) is 0. The molecule has 16 heavy (non-hydrogen) atoms. The minimum atomic E-state index is 0.191. The number of hydrogen-bond acceptors (Lipinski definition) is 1. The Balaban J connectivity index is 4.33. The van der Waals surface area contributed by atoms with Crippen molar-refractivity contribution < 1.29 is 4.79 Å². The van der Waals surface area contributed by atoms with Gasteiger partial charge < -0.3 is 9.80 Å². The zero-order valence-corrected chi connectivity index (χ0v) is 11.6. The molecule has 0 aliphatic carbocycles. The highest BCUT2D eigenvalue weighted by atomic mass is 16.2. The van der Waals surface area contributed by atoms with E-state index < -0.39 is 0 Å². The molecule has 0 atom stereocenters. The Bertz CT molecular complexity index is 188. The van der Waals surface area contributed by atoms with Gasteiger partial charge in [-0.05, 0) is 34.1 Å². The van der Waals surface area contributed by atoms with Gasteiger partial charge in [0.2, 0.25) is 0 Å². The number of unbranched alkanes of at least 4 members (excludes halogenated alkanes) is 2. The van der Waals surface area contributed by atoms with E-state index in [0.717, 1.165) is 26.1 Å². The second kappa shape index (κ2) is 8.43. The van der Waals surface area contributed by atoms with Crippen LogP contribution in [0.5, 0.6) is 0 Å². The first kappa shape index (κ1) is 15.3. The number of carbonyl (C=O) groups is 1. The Morgan fingerprint density at radius 3 is 2.00 bits per heavy atom. The van der Waals surface area contributed by atoms with Crippen LogP contribution in [-0.4, -0.2) is 41.5 Å². The van der Waals surface area contributed by atoms with Gasteiger partial charge in [-0.1, -0.05) is 19.8 Å². The highest BCUT2D eigenvalue weighted by molar-refractivity contribution is 5.74. The predicted molar refractivity (Wildman–Crippen MR) is 69.7 cm³/mol. The summed E-state index contributed by atoms with van der Waals surface area (Å²) in [5, 5.41) is 0. The van der Waals surface area contributed by atoms with E-state index in [-0.39, 0.29) is 6.03 Å². The fraction of sp³-hybridized carbons (Fsp3) is 0.923. The standard InChI is InChI=1S/C13H28N2O/c1-6-9-10-11-15(12(4)5)13(16)14(7-2)8-3/h12H,6-11H2,1-5H3. The van der Waals surface area contributed by atoms with Crippen molar-refractivity contribution in [1.82, 2.24) is 9.80 Å². The molecule has 0 spiro atoms. The number of carbonyl (C=O) groups excluding carboxylic acids is 1. The SMILES string of the molecule is CCCCCN(C(=O)N(CC)CC)C(C)C. The molecule has 2 amide bonds. The molecule has 3 nitrogen and oxygen atoms in total. The van der Waals surface area contributed by atoms with Crippen molar-refractivity contribution in [1.29, 1.82) is 0 Å². The van der Waals surface area contributed by atoms with Crippen LogP contribution in [0.2, 0.25) is 0 Å². The first-order valence-electron chi connectivity index (χ1n) is 6.63. The minimum Gasteiger partial charge on any atom is -0.325 e. The first-order chi connectivity index (χ1) is 7.58. The van der Waals surface area contributed by atoms with Crippen molar-refractivity contribution in [2.45, 2.75) is 59.9 Å². The van der Waals surface area contributed by atoms with Crippen molar-refractivity contribution in [3.05, 3.63) is 0 Å². The lowest BCUT2D eigenvalue weighted by molar-refractivity contribution is 0.143. The molecule has 0 fully saturated rings. The lowest BCUT2D eigenvalue weighted by Crippen LogP contribution is -2.46. The Labute approximate surface area is 101 Å². The van der Waals surface area contributed by atoms with E-state index in [2.05, 4.69) is 20.8 Å². The minimum absolute atomic E-state index is 0.191. The molecule has 0 radical (unpaired) electrons. The maximum atomic E-state index is 12.2. The largest absolute Gasteiger partial charge is 0.325 e. The molecular formula is C13H28N2O. The van der Waals surface area contributed by atoms with Gasteiger partial charge in [-0.3, -0.25) is 0 Å². The smallest absolute Gasteiger partial charge is 0.320 e. The fourth-order valence-electron chi connectivity index (χ4n) is 1.78. The van der Waals surface area contributed by atoms with Crippen LogP contribution in [0.15, 0.2) is 0 Å². The Kier molecular flexibility index (Phi) is 8.04. The average Bonchev–Trinajstić information content (AvgIpc) is 2.25. The molecule has 0 saturated heterocycles. The summed E-state index contributed by atoms with van der Waals surface area (Å²) in [6.07, 6.45) is 3.52. The summed E-state index contributed by atoms with van der Waals surface area (Å²) in [6, 6.07) is 0.487. The molecule has 0 bridgehead atoms. The highest BCUT2D eigenvalue weighted by Crippen LogP contribution is 2.07. The maximum Gasteiger partial charge on any atom is 0.320 e. The van der Waals surface area contributed by atoms with E-state index in [4.69, 9.17) is 0 Å². The van der Waals surface area contributed by atoms with E-state index in [0.29, 0.717) is 6.04 Å². The normalized spacial score (nSPS) is 10.6. The van der Waals surface area contributed by atoms with E-state index in [1.165, 1.54) is 12.8 Å². The molecule has 0 saturated carbocycles. The quantitative estimate of drug-likeness (QED) is 0.613. The Morgan fingerprint density at radius 2 is 1.62 bits per heavy atom. The Morgan fingerprint density at radius 1 is 1.06 bits per heavy atom. The van der Waals surface area contributed by atoms with Gasteiger partial charge in [0.15, 0.2) is 0 Å². The van der Waals surface area contributed by atoms with Gasteiger partial charge in [0.25, 0.3) is 0 Å². The monoisotopic (exact) mass is 228 g/mol. The van der Waals surface area contributed by atoms with Gasteiger partial charge in [-0.25, -0.2) is 4.79 Å². The topological polar surface area (TPSA) is 23.6 Å². The second-order valence-corrected chi connectivity index (χ2v) is 4.45. The lowest BCUT2D eigenvalue weighted by atomic mass is 10.2. The number of rotatable bonds is 7. The molecule has 0 rings (SSSR count). The summed E-state index contributed by atoms with van der Waals surface area (Å²) < 4.78 is 0. The van der Waals surface area contributed by atoms with Gasteiger partial charge in [0, 0.05) is 25.7 Å². The Hall–Kier alpha value is -0.730. The van der Waals surface area contributed by atoms with Crippen LogP contribution < -0.4 is 0 Å². The van der Waals surface area contributed by atoms with Crippen LogP contribution in [0.1, 0.15) is 53.9 Å². The average molecular weight is 228 g/mol. The zero-order chi connectivity index (χ0) is 12.6. The summed E-state index contributed by atoms with van der Waals surface area (Å²) in [4.78, 5) is 16.1. The van der Waals surface area contributed by atoms with Crippen molar-refractivity contribution >= 4 is 6.03 Å².